The lowest BCUT2D eigenvalue weighted by molar-refractivity contribution is -0.153. The van der Waals surface area contributed by atoms with E-state index < -0.39 is 29.8 Å². The lowest BCUT2D eigenvalue weighted by atomic mass is 10.0. The SMILES string of the molecule is CC(C)(C)OC(=O)NC(c1ccccc1)[C@@H](OCc1ccccc1)C(=O)O. The van der Waals surface area contributed by atoms with Crippen LogP contribution in [0.2, 0.25) is 0 Å². The van der Waals surface area contributed by atoms with Gasteiger partial charge in [-0.15, -0.1) is 0 Å². The maximum absolute atomic E-state index is 12.3. The molecule has 0 aliphatic heterocycles. The average molecular weight is 371 g/mol. The van der Waals surface area contributed by atoms with Crippen LogP contribution in [0.4, 0.5) is 4.79 Å². The molecule has 0 radical (unpaired) electrons. The van der Waals surface area contributed by atoms with Crippen LogP contribution >= 0.6 is 0 Å². The van der Waals surface area contributed by atoms with Crippen molar-refractivity contribution >= 4 is 12.1 Å². The minimum absolute atomic E-state index is 0.108. The van der Waals surface area contributed by atoms with E-state index in [2.05, 4.69) is 5.32 Å². The smallest absolute Gasteiger partial charge is 0.408 e. The Morgan fingerprint density at radius 1 is 1.00 bits per heavy atom. The number of carbonyl (C=O) groups is 2. The first kappa shape index (κ1) is 20.5. The topological polar surface area (TPSA) is 84.9 Å². The molecule has 1 unspecified atom stereocenters. The molecule has 2 aromatic rings. The second-order valence-corrected chi connectivity index (χ2v) is 7.09. The van der Waals surface area contributed by atoms with Crippen LogP contribution in [0, 0.1) is 0 Å². The van der Waals surface area contributed by atoms with Gasteiger partial charge in [0.1, 0.15) is 5.60 Å². The van der Waals surface area contributed by atoms with Crippen LogP contribution in [0.25, 0.3) is 0 Å². The highest BCUT2D eigenvalue weighted by Gasteiger charge is 2.33. The van der Waals surface area contributed by atoms with Crippen LogP contribution in [0.5, 0.6) is 0 Å². The average Bonchev–Trinajstić information content (AvgIpc) is 2.61. The van der Waals surface area contributed by atoms with Gasteiger partial charge in [-0.3, -0.25) is 0 Å². The summed E-state index contributed by atoms with van der Waals surface area (Å²) in [6.45, 7) is 5.33. The van der Waals surface area contributed by atoms with Gasteiger partial charge in [0.15, 0.2) is 6.10 Å². The fourth-order valence-corrected chi connectivity index (χ4v) is 2.50. The molecule has 0 saturated heterocycles. The number of benzene rings is 2. The number of carboxylic acid groups (broad SMARTS) is 1. The molecule has 1 amide bonds. The monoisotopic (exact) mass is 371 g/mol. The minimum atomic E-state index is -1.28. The summed E-state index contributed by atoms with van der Waals surface area (Å²) in [7, 11) is 0. The number of aliphatic carboxylic acids is 1. The Bertz CT molecular complexity index is 740. The highest BCUT2D eigenvalue weighted by molar-refractivity contribution is 5.76. The van der Waals surface area contributed by atoms with Crippen molar-refractivity contribution in [3.05, 3.63) is 71.8 Å². The van der Waals surface area contributed by atoms with Crippen LogP contribution in [0.3, 0.4) is 0 Å². The number of hydrogen-bond donors (Lipinski definition) is 2. The Morgan fingerprint density at radius 3 is 2.07 bits per heavy atom. The predicted molar refractivity (Wildman–Crippen MR) is 101 cm³/mol. The summed E-state index contributed by atoms with van der Waals surface area (Å²) in [5.41, 5.74) is 0.756. The summed E-state index contributed by atoms with van der Waals surface area (Å²) in [5, 5.41) is 12.4. The number of alkyl carbamates (subject to hydrolysis) is 1. The van der Waals surface area contributed by atoms with E-state index in [1.807, 2.05) is 36.4 Å². The molecule has 0 aromatic heterocycles. The number of carbonyl (C=O) groups excluding carboxylic acids is 1. The summed E-state index contributed by atoms with van der Waals surface area (Å²) in [6.07, 6.45) is -1.98. The molecule has 0 aliphatic rings. The zero-order valence-corrected chi connectivity index (χ0v) is 15.7. The second-order valence-electron chi connectivity index (χ2n) is 7.09. The Balaban J connectivity index is 2.22. The van der Waals surface area contributed by atoms with Gasteiger partial charge in [-0.25, -0.2) is 9.59 Å². The molecule has 0 bridgehead atoms. The van der Waals surface area contributed by atoms with E-state index >= 15 is 0 Å². The van der Waals surface area contributed by atoms with Gasteiger partial charge in [0.25, 0.3) is 0 Å². The molecule has 6 nitrogen and oxygen atoms in total. The number of carboxylic acids is 1. The quantitative estimate of drug-likeness (QED) is 0.770. The molecule has 6 heteroatoms. The summed E-state index contributed by atoms with van der Waals surface area (Å²) in [6, 6.07) is 17.2. The molecule has 2 atom stereocenters. The fourth-order valence-electron chi connectivity index (χ4n) is 2.50. The van der Waals surface area contributed by atoms with Gasteiger partial charge < -0.3 is 19.9 Å². The van der Waals surface area contributed by atoms with E-state index in [0.717, 1.165) is 5.56 Å². The highest BCUT2D eigenvalue weighted by atomic mass is 16.6. The van der Waals surface area contributed by atoms with Crippen molar-refractivity contribution in [2.45, 2.75) is 45.1 Å². The Labute approximate surface area is 159 Å². The number of amides is 1. The first-order chi connectivity index (χ1) is 12.8. The lowest BCUT2D eigenvalue weighted by Crippen LogP contribution is -2.43. The largest absolute Gasteiger partial charge is 0.479 e. The molecule has 0 aliphatic carbocycles. The van der Waals surface area contributed by atoms with E-state index in [9.17, 15) is 14.7 Å². The fraction of sp³-hybridized carbons (Fsp3) is 0.333. The zero-order chi connectivity index (χ0) is 19.9. The third-order valence-corrected chi connectivity index (χ3v) is 3.65. The molecule has 0 fully saturated rings. The van der Waals surface area contributed by atoms with Gasteiger partial charge in [-0.05, 0) is 31.9 Å². The molecular formula is C21H25NO5. The van der Waals surface area contributed by atoms with Crippen LogP contribution in [-0.4, -0.2) is 28.9 Å². The van der Waals surface area contributed by atoms with Crippen molar-refractivity contribution in [1.82, 2.24) is 5.32 Å². The molecule has 2 aromatic carbocycles. The molecule has 2 N–H and O–H groups in total. The third kappa shape index (κ3) is 6.75. The summed E-state index contributed by atoms with van der Waals surface area (Å²) in [4.78, 5) is 24.1. The van der Waals surface area contributed by atoms with Gasteiger partial charge in [0.2, 0.25) is 0 Å². The van der Waals surface area contributed by atoms with E-state index in [0.29, 0.717) is 5.56 Å². The van der Waals surface area contributed by atoms with Gasteiger partial charge in [0, 0.05) is 0 Å². The van der Waals surface area contributed by atoms with E-state index in [4.69, 9.17) is 9.47 Å². The van der Waals surface area contributed by atoms with Crippen molar-refractivity contribution in [2.75, 3.05) is 0 Å². The molecule has 0 saturated carbocycles. The van der Waals surface area contributed by atoms with Gasteiger partial charge in [-0.1, -0.05) is 60.7 Å². The highest BCUT2D eigenvalue weighted by Crippen LogP contribution is 2.22. The van der Waals surface area contributed by atoms with E-state index in [1.54, 1.807) is 45.0 Å². The Morgan fingerprint density at radius 2 is 1.56 bits per heavy atom. The Hall–Kier alpha value is -2.86. The van der Waals surface area contributed by atoms with Crippen LogP contribution in [0.1, 0.15) is 37.9 Å². The van der Waals surface area contributed by atoms with Crippen molar-refractivity contribution in [3.8, 4) is 0 Å². The minimum Gasteiger partial charge on any atom is -0.479 e. The number of nitrogens with one attached hydrogen (secondary N) is 1. The normalized spacial score (nSPS) is 13.4. The van der Waals surface area contributed by atoms with Crippen molar-refractivity contribution < 1.29 is 24.2 Å². The van der Waals surface area contributed by atoms with Crippen molar-refractivity contribution in [2.24, 2.45) is 0 Å². The molecular weight excluding hydrogens is 346 g/mol. The number of ether oxygens (including phenoxy) is 2. The Kier molecular flexibility index (Phi) is 6.96. The number of rotatable bonds is 7. The maximum Gasteiger partial charge on any atom is 0.408 e. The molecule has 144 valence electrons. The van der Waals surface area contributed by atoms with E-state index in [-0.39, 0.29) is 6.61 Å². The molecule has 27 heavy (non-hydrogen) atoms. The third-order valence-electron chi connectivity index (χ3n) is 3.65. The van der Waals surface area contributed by atoms with Crippen molar-refractivity contribution in [1.29, 1.82) is 0 Å². The van der Waals surface area contributed by atoms with Crippen molar-refractivity contribution in [3.63, 3.8) is 0 Å². The molecule has 0 spiro atoms. The zero-order valence-electron chi connectivity index (χ0n) is 15.7. The summed E-state index contributed by atoms with van der Waals surface area (Å²) in [5.74, 6) is -1.17. The number of hydrogen-bond acceptors (Lipinski definition) is 4. The van der Waals surface area contributed by atoms with Gasteiger partial charge >= 0.3 is 12.1 Å². The standard InChI is InChI=1S/C21H25NO5/c1-21(2,3)27-20(25)22-17(16-12-8-5-9-13-16)18(19(23)24)26-14-15-10-6-4-7-11-15/h4-13,17-18H,14H2,1-3H3,(H,22,25)(H,23,24)/t17?,18-/m1/s1. The second kappa shape index (κ2) is 9.19. The summed E-state index contributed by atoms with van der Waals surface area (Å²) >= 11 is 0. The predicted octanol–water partition coefficient (Wildman–Crippen LogP) is 3.92. The maximum atomic E-state index is 12.3. The first-order valence-electron chi connectivity index (χ1n) is 8.69. The van der Waals surface area contributed by atoms with Gasteiger partial charge in [-0.2, -0.15) is 0 Å². The van der Waals surface area contributed by atoms with E-state index in [1.165, 1.54) is 0 Å². The van der Waals surface area contributed by atoms with Crippen LogP contribution < -0.4 is 5.32 Å². The summed E-state index contributed by atoms with van der Waals surface area (Å²) < 4.78 is 11.0. The molecule has 0 heterocycles. The van der Waals surface area contributed by atoms with Gasteiger partial charge in [0.05, 0.1) is 12.6 Å². The first-order valence-corrected chi connectivity index (χ1v) is 8.69. The van der Waals surface area contributed by atoms with Crippen LogP contribution in [-0.2, 0) is 20.9 Å². The lowest BCUT2D eigenvalue weighted by Gasteiger charge is -2.27. The van der Waals surface area contributed by atoms with Crippen LogP contribution in [0.15, 0.2) is 60.7 Å². The molecule has 2 rings (SSSR count).